The minimum absolute atomic E-state index is 0.0691. The van der Waals surface area contributed by atoms with E-state index < -0.39 is 0 Å². The number of halogens is 1. The Morgan fingerprint density at radius 3 is 3.00 bits per heavy atom. The van der Waals surface area contributed by atoms with Gasteiger partial charge < -0.3 is 0 Å². The number of rotatable bonds is 4. The quantitative estimate of drug-likeness (QED) is 0.784. The van der Waals surface area contributed by atoms with E-state index in [1.54, 1.807) is 23.5 Å². The number of hydrogen-bond acceptors (Lipinski definition) is 3. The summed E-state index contributed by atoms with van der Waals surface area (Å²) in [6.07, 6.45) is 1.98. The number of carbonyl (C=O) groups is 1. The van der Waals surface area contributed by atoms with Gasteiger partial charge >= 0.3 is 0 Å². The Balaban J connectivity index is 1.67. The Morgan fingerprint density at radius 1 is 1.41 bits per heavy atom. The number of Topliss-reactive ketones (excluding diaryl/α,β-unsaturated/α-hetero) is 1. The molecule has 0 aliphatic carbocycles. The van der Waals surface area contributed by atoms with Gasteiger partial charge in [0, 0.05) is 19.0 Å². The highest BCUT2D eigenvalue weighted by molar-refractivity contribution is 7.12. The van der Waals surface area contributed by atoms with Crippen LogP contribution in [0.3, 0.4) is 0 Å². The average molecular weight is 317 g/mol. The van der Waals surface area contributed by atoms with Gasteiger partial charge in [0.15, 0.2) is 5.78 Å². The number of piperidine rings is 1. The molecular weight excluding hydrogens is 297 g/mol. The summed E-state index contributed by atoms with van der Waals surface area (Å²) in [6, 6.07) is 8.73. The van der Waals surface area contributed by atoms with Crippen LogP contribution in [0.15, 0.2) is 35.7 Å². The standard InChI is InChI=1S/C18H20FNOS/c1-13-7-9-22-18(13)17(21)15-5-3-8-20(12-15)11-14-4-2-6-16(19)10-14/h2,4,6-7,9-10,15H,3,5,8,11-12H2,1H3/t15-/m0/s1. The van der Waals surface area contributed by atoms with Crippen molar-refractivity contribution in [3.63, 3.8) is 0 Å². The number of hydrogen-bond donors (Lipinski definition) is 0. The monoisotopic (exact) mass is 317 g/mol. The van der Waals surface area contributed by atoms with Crippen LogP contribution in [-0.2, 0) is 6.54 Å². The van der Waals surface area contributed by atoms with Crippen molar-refractivity contribution in [2.45, 2.75) is 26.3 Å². The Bertz CT molecular complexity index is 667. The van der Waals surface area contributed by atoms with Gasteiger partial charge in [-0.05, 0) is 61.0 Å². The summed E-state index contributed by atoms with van der Waals surface area (Å²) < 4.78 is 13.3. The van der Waals surface area contributed by atoms with E-state index in [4.69, 9.17) is 0 Å². The second-order valence-electron chi connectivity index (χ2n) is 6.00. The molecule has 1 atom stereocenters. The summed E-state index contributed by atoms with van der Waals surface area (Å²) in [6.45, 7) is 4.46. The lowest BCUT2D eigenvalue weighted by atomic mass is 9.92. The van der Waals surface area contributed by atoms with Gasteiger partial charge in [-0.2, -0.15) is 0 Å². The van der Waals surface area contributed by atoms with Crippen molar-refractivity contribution < 1.29 is 9.18 Å². The molecule has 1 aromatic heterocycles. The zero-order chi connectivity index (χ0) is 15.5. The molecule has 4 heteroatoms. The minimum Gasteiger partial charge on any atom is -0.298 e. The van der Waals surface area contributed by atoms with Crippen LogP contribution in [0.5, 0.6) is 0 Å². The molecule has 1 aliphatic rings. The Kier molecular flexibility index (Phi) is 4.69. The normalized spacial score (nSPS) is 19.3. The molecule has 0 N–H and O–H groups in total. The third-order valence-corrected chi connectivity index (χ3v) is 5.29. The van der Waals surface area contributed by atoms with Crippen molar-refractivity contribution in [2.24, 2.45) is 5.92 Å². The van der Waals surface area contributed by atoms with Crippen LogP contribution < -0.4 is 0 Å². The molecule has 1 saturated heterocycles. The van der Waals surface area contributed by atoms with Crippen LogP contribution in [0.1, 0.15) is 33.6 Å². The zero-order valence-corrected chi connectivity index (χ0v) is 13.5. The SMILES string of the molecule is Cc1ccsc1C(=O)[C@H]1CCCN(Cc2cccc(F)c2)C1. The summed E-state index contributed by atoms with van der Waals surface area (Å²) in [4.78, 5) is 15.8. The van der Waals surface area contributed by atoms with Crippen LogP contribution in [0.2, 0.25) is 0 Å². The fraction of sp³-hybridized carbons (Fsp3) is 0.389. The van der Waals surface area contributed by atoms with Crippen molar-refractivity contribution in [1.82, 2.24) is 4.90 Å². The summed E-state index contributed by atoms with van der Waals surface area (Å²) in [5.74, 6) is 0.146. The second-order valence-corrected chi connectivity index (χ2v) is 6.92. The predicted octanol–water partition coefficient (Wildman–Crippen LogP) is 4.29. The predicted molar refractivity (Wildman–Crippen MR) is 87.8 cm³/mol. The van der Waals surface area contributed by atoms with Gasteiger partial charge in [-0.25, -0.2) is 4.39 Å². The van der Waals surface area contributed by atoms with Crippen molar-refractivity contribution in [1.29, 1.82) is 0 Å². The van der Waals surface area contributed by atoms with Crippen molar-refractivity contribution in [2.75, 3.05) is 13.1 Å². The van der Waals surface area contributed by atoms with E-state index >= 15 is 0 Å². The molecule has 0 spiro atoms. The maximum Gasteiger partial charge on any atom is 0.177 e. The summed E-state index contributed by atoms with van der Waals surface area (Å²) in [5.41, 5.74) is 2.05. The number of benzene rings is 1. The average Bonchev–Trinajstić information content (AvgIpc) is 2.93. The van der Waals surface area contributed by atoms with Gasteiger partial charge in [0.1, 0.15) is 5.82 Å². The molecule has 0 saturated carbocycles. The van der Waals surface area contributed by atoms with Crippen LogP contribution in [0, 0.1) is 18.7 Å². The lowest BCUT2D eigenvalue weighted by Gasteiger charge is -2.32. The first-order valence-electron chi connectivity index (χ1n) is 7.68. The minimum atomic E-state index is -0.198. The third kappa shape index (κ3) is 3.45. The summed E-state index contributed by atoms with van der Waals surface area (Å²) in [7, 11) is 0. The molecule has 1 aromatic carbocycles. The lowest BCUT2D eigenvalue weighted by Crippen LogP contribution is -2.38. The van der Waals surface area contributed by atoms with Crippen LogP contribution in [0.25, 0.3) is 0 Å². The number of carbonyl (C=O) groups excluding carboxylic acids is 1. The zero-order valence-electron chi connectivity index (χ0n) is 12.7. The summed E-state index contributed by atoms with van der Waals surface area (Å²) in [5, 5.41) is 1.98. The molecular formula is C18H20FNOS. The fourth-order valence-electron chi connectivity index (χ4n) is 3.12. The van der Waals surface area contributed by atoms with Gasteiger partial charge in [-0.15, -0.1) is 11.3 Å². The molecule has 3 rings (SSSR count). The first-order chi connectivity index (χ1) is 10.6. The van der Waals surface area contributed by atoms with Crippen molar-refractivity contribution in [3.05, 3.63) is 57.5 Å². The first kappa shape index (κ1) is 15.4. The number of likely N-dealkylation sites (tertiary alicyclic amines) is 1. The van der Waals surface area contributed by atoms with Gasteiger partial charge in [-0.1, -0.05) is 12.1 Å². The lowest BCUT2D eigenvalue weighted by molar-refractivity contribution is 0.0815. The molecule has 1 aliphatic heterocycles. The van der Waals surface area contributed by atoms with E-state index in [0.29, 0.717) is 6.54 Å². The van der Waals surface area contributed by atoms with E-state index in [9.17, 15) is 9.18 Å². The number of aryl methyl sites for hydroxylation is 1. The molecule has 0 radical (unpaired) electrons. The largest absolute Gasteiger partial charge is 0.298 e. The van der Waals surface area contributed by atoms with Gasteiger partial charge in [0.2, 0.25) is 0 Å². The van der Waals surface area contributed by atoms with E-state index in [1.807, 2.05) is 24.4 Å². The number of thiophene rings is 1. The molecule has 2 nitrogen and oxygen atoms in total. The van der Waals surface area contributed by atoms with E-state index in [0.717, 1.165) is 41.9 Å². The number of ketones is 1. The van der Waals surface area contributed by atoms with Crippen LogP contribution >= 0.6 is 11.3 Å². The molecule has 0 amide bonds. The highest BCUT2D eigenvalue weighted by Gasteiger charge is 2.28. The first-order valence-corrected chi connectivity index (χ1v) is 8.56. The van der Waals surface area contributed by atoms with Crippen molar-refractivity contribution >= 4 is 17.1 Å². The fourth-order valence-corrected chi connectivity index (χ4v) is 4.06. The maximum atomic E-state index is 13.3. The molecule has 0 bridgehead atoms. The molecule has 2 aromatic rings. The Hall–Kier alpha value is -1.52. The molecule has 116 valence electrons. The third-order valence-electron chi connectivity index (χ3n) is 4.26. The van der Waals surface area contributed by atoms with E-state index in [2.05, 4.69) is 4.90 Å². The van der Waals surface area contributed by atoms with Gasteiger partial charge in [0.05, 0.1) is 4.88 Å². The Labute approximate surface area is 134 Å². The topological polar surface area (TPSA) is 20.3 Å². The van der Waals surface area contributed by atoms with E-state index in [1.165, 1.54) is 6.07 Å². The van der Waals surface area contributed by atoms with Crippen molar-refractivity contribution in [3.8, 4) is 0 Å². The molecule has 1 fully saturated rings. The van der Waals surface area contributed by atoms with Crippen LogP contribution in [-0.4, -0.2) is 23.8 Å². The second kappa shape index (κ2) is 6.71. The maximum absolute atomic E-state index is 13.3. The molecule has 22 heavy (non-hydrogen) atoms. The number of nitrogens with zero attached hydrogens (tertiary/aromatic N) is 1. The van der Waals surface area contributed by atoms with Gasteiger partial charge in [-0.3, -0.25) is 9.69 Å². The van der Waals surface area contributed by atoms with Crippen LogP contribution in [0.4, 0.5) is 4.39 Å². The molecule has 0 unspecified atom stereocenters. The smallest absolute Gasteiger partial charge is 0.177 e. The van der Waals surface area contributed by atoms with E-state index in [-0.39, 0.29) is 17.5 Å². The highest BCUT2D eigenvalue weighted by Crippen LogP contribution is 2.26. The molecule has 2 heterocycles. The Morgan fingerprint density at radius 2 is 2.27 bits per heavy atom. The highest BCUT2D eigenvalue weighted by atomic mass is 32.1. The van der Waals surface area contributed by atoms with Gasteiger partial charge in [0.25, 0.3) is 0 Å². The summed E-state index contributed by atoms with van der Waals surface area (Å²) >= 11 is 1.54.